The summed E-state index contributed by atoms with van der Waals surface area (Å²) in [7, 11) is 1.58. The van der Waals surface area contributed by atoms with E-state index in [2.05, 4.69) is 15.3 Å². The first-order valence-electron chi connectivity index (χ1n) is 9.84. The number of hydrogen-bond donors (Lipinski definition) is 3. The Kier molecular flexibility index (Phi) is 6.52. The number of amides is 1. The molecule has 0 spiro atoms. The topological polar surface area (TPSA) is 147 Å². The number of phenols is 1. The van der Waals surface area contributed by atoms with E-state index in [1.165, 1.54) is 11.3 Å². The van der Waals surface area contributed by atoms with Gasteiger partial charge in [-0.1, -0.05) is 23.9 Å². The Hall–Kier alpha value is -3.90. The molecule has 0 aliphatic rings. The molecule has 3 N–H and O–H groups in total. The monoisotopic (exact) mass is 498 g/mol. The van der Waals surface area contributed by atoms with Crippen molar-refractivity contribution in [3.63, 3.8) is 0 Å². The average molecular weight is 499 g/mol. The number of ether oxygens (including phenoxy) is 1. The maximum atomic E-state index is 12.9. The van der Waals surface area contributed by atoms with Crippen LogP contribution in [-0.2, 0) is 4.79 Å². The van der Waals surface area contributed by atoms with E-state index in [1.54, 1.807) is 7.11 Å². The fourth-order valence-electron chi connectivity index (χ4n) is 3.35. The smallest absolute Gasteiger partial charge is 0.271 e. The largest absolute Gasteiger partial charge is 0.506 e. The second kappa shape index (κ2) is 9.53. The van der Waals surface area contributed by atoms with Gasteiger partial charge in [0, 0.05) is 22.6 Å². The Bertz CT molecular complexity index is 1480. The number of nitrogens with one attached hydrogen (secondary N) is 2. The zero-order valence-corrected chi connectivity index (χ0v) is 19.6. The first-order chi connectivity index (χ1) is 16.3. The number of benzene rings is 2. The molecule has 0 aliphatic heterocycles. The number of nitrogens with zero attached hydrogens (tertiary/aromatic N) is 2. The number of aromatic hydroxyl groups is 1. The molecule has 2 heterocycles. The first-order valence-corrected chi connectivity index (χ1v) is 11.6. The Labute approximate surface area is 200 Å². The van der Waals surface area contributed by atoms with E-state index < -0.39 is 10.8 Å². The molecule has 1 amide bonds. The number of nitro groups is 1. The molecule has 4 aromatic rings. The third-order valence-corrected chi connectivity index (χ3v) is 6.75. The third-order valence-electron chi connectivity index (χ3n) is 4.88. The van der Waals surface area contributed by atoms with Gasteiger partial charge in [-0.05, 0) is 30.7 Å². The highest BCUT2D eigenvalue weighted by Gasteiger charge is 2.18. The van der Waals surface area contributed by atoms with Crippen LogP contribution in [0.4, 0.5) is 11.4 Å². The minimum atomic E-state index is -0.628. The van der Waals surface area contributed by atoms with Crippen molar-refractivity contribution in [1.29, 1.82) is 0 Å². The van der Waals surface area contributed by atoms with Gasteiger partial charge < -0.3 is 20.1 Å². The molecule has 12 heteroatoms. The number of carbonyl (C=O) groups is 1. The predicted octanol–water partition coefficient (Wildman–Crippen LogP) is 4.31. The fourth-order valence-corrected chi connectivity index (χ4v) is 5.12. The van der Waals surface area contributed by atoms with Gasteiger partial charge in [-0.2, -0.15) is 0 Å². The van der Waals surface area contributed by atoms with Crippen LogP contribution in [0.2, 0.25) is 0 Å². The Morgan fingerprint density at radius 1 is 1.32 bits per heavy atom. The molecule has 174 valence electrons. The lowest BCUT2D eigenvalue weighted by Gasteiger charge is -2.07. The Morgan fingerprint density at radius 2 is 2.12 bits per heavy atom. The summed E-state index contributed by atoms with van der Waals surface area (Å²) in [5.74, 6) is -0.281. The van der Waals surface area contributed by atoms with Crippen molar-refractivity contribution in [3.8, 4) is 22.6 Å². The molecule has 0 aliphatic carbocycles. The van der Waals surface area contributed by atoms with Crippen molar-refractivity contribution in [2.24, 2.45) is 0 Å². The van der Waals surface area contributed by atoms with Crippen LogP contribution in [0.15, 0.2) is 52.4 Å². The van der Waals surface area contributed by atoms with Gasteiger partial charge in [-0.25, -0.2) is 4.98 Å². The number of aromatic nitrogens is 2. The highest BCUT2D eigenvalue weighted by Crippen LogP contribution is 2.37. The zero-order chi connectivity index (χ0) is 24.4. The summed E-state index contributed by atoms with van der Waals surface area (Å²) in [5.41, 5.74) is 0.951. The highest BCUT2D eigenvalue weighted by atomic mass is 32.2. The van der Waals surface area contributed by atoms with Crippen molar-refractivity contribution in [2.75, 3.05) is 18.2 Å². The van der Waals surface area contributed by atoms with Crippen LogP contribution in [0.1, 0.15) is 4.88 Å². The fraction of sp³-hybridized carbons (Fsp3) is 0.136. The SMILES string of the molecule is COc1cccc(-c2c(C)sc3nc(SCC(=O)Nc4cc([N+](=O)[O-])ccc4O)[nH]c(=O)c23)c1. The van der Waals surface area contributed by atoms with Crippen molar-refractivity contribution < 1.29 is 19.6 Å². The molecule has 0 unspecified atom stereocenters. The maximum absolute atomic E-state index is 12.9. The second-order valence-corrected chi connectivity index (χ2v) is 9.28. The molecule has 2 aromatic carbocycles. The Balaban J connectivity index is 1.55. The van der Waals surface area contributed by atoms with E-state index in [1.807, 2.05) is 31.2 Å². The summed E-state index contributed by atoms with van der Waals surface area (Å²) >= 11 is 2.38. The molecule has 0 saturated carbocycles. The van der Waals surface area contributed by atoms with E-state index in [9.17, 15) is 24.8 Å². The molecule has 4 rings (SSSR count). The first kappa shape index (κ1) is 23.3. The number of carbonyl (C=O) groups excluding carboxylic acids is 1. The van der Waals surface area contributed by atoms with Crippen LogP contribution in [0.3, 0.4) is 0 Å². The highest BCUT2D eigenvalue weighted by molar-refractivity contribution is 7.99. The van der Waals surface area contributed by atoms with Crippen LogP contribution in [0, 0.1) is 17.0 Å². The molecule has 34 heavy (non-hydrogen) atoms. The number of thiophene rings is 1. The molecule has 0 atom stereocenters. The lowest BCUT2D eigenvalue weighted by molar-refractivity contribution is -0.384. The molecular weight excluding hydrogens is 480 g/mol. The quantitative estimate of drug-likeness (QED) is 0.112. The minimum Gasteiger partial charge on any atom is -0.506 e. The summed E-state index contributed by atoms with van der Waals surface area (Å²) in [6, 6.07) is 10.7. The van der Waals surface area contributed by atoms with Gasteiger partial charge in [-0.15, -0.1) is 11.3 Å². The van der Waals surface area contributed by atoms with E-state index in [0.29, 0.717) is 16.0 Å². The van der Waals surface area contributed by atoms with E-state index >= 15 is 0 Å². The van der Waals surface area contributed by atoms with E-state index in [0.717, 1.165) is 46.0 Å². The van der Waals surface area contributed by atoms with Crippen LogP contribution < -0.4 is 15.6 Å². The number of thioether (sulfide) groups is 1. The number of non-ortho nitro benzene ring substituents is 1. The number of rotatable bonds is 7. The maximum Gasteiger partial charge on any atom is 0.271 e. The van der Waals surface area contributed by atoms with Gasteiger partial charge in [-0.3, -0.25) is 19.7 Å². The van der Waals surface area contributed by atoms with Gasteiger partial charge in [0.25, 0.3) is 11.2 Å². The average Bonchev–Trinajstić information content (AvgIpc) is 3.15. The molecule has 0 saturated heterocycles. The number of hydrogen-bond acceptors (Lipinski definition) is 9. The summed E-state index contributed by atoms with van der Waals surface area (Å²) in [4.78, 5) is 44.2. The third kappa shape index (κ3) is 4.72. The Morgan fingerprint density at radius 3 is 2.85 bits per heavy atom. The van der Waals surface area contributed by atoms with Crippen LogP contribution in [0.25, 0.3) is 21.3 Å². The minimum absolute atomic E-state index is 0.0754. The van der Waals surface area contributed by atoms with Crippen molar-refractivity contribution in [3.05, 3.63) is 67.8 Å². The summed E-state index contributed by atoms with van der Waals surface area (Å²) in [6.07, 6.45) is 0. The van der Waals surface area contributed by atoms with E-state index in [4.69, 9.17) is 4.74 Å². The second-order valence-electron chi connectivity index (χ2n) is 7.11. The molecule has 0 fully saturated rings. The molecule has 0 radical (unpaired) electrons. The van der Waals surface area contributed by atoms with Gasteiger partial charge in [0.05, 0.1) is 28.9 Å². The number of aryl methyl sites for hydroxylation is 1. The number of aromatic amines is 1. The lowest BCUT2D eigenvalue weighted by atomic mass is 10.0. The molecular formula is C22H18N4O6S2. The standard InChI is InChI=1S/C22H18N4O6S2/c1-11-18(12-4-3-5-14(8-12)32-2)19-20(29)24-22(25-21(19)34-11)33-10-17(28)23-15-9-13(26(30)31)6-7-16(15)27/h3-9,27H,10H2,1-2H3,(H,23,28)(H,24,25,29). The molecule has 2 aromatic heterocycles. The number of nitro benzene ring substituents is 1. The predicted molar refractivity (Wildman–Crippen MR) is 131 cm³/mol. The number of methoxy groups -OCH3 is 1. The number of anilines is 1. The van der Waals surface area contributed by atoms with Gasteiger partial charge in [0.2, 0.25) is 5.91 Å². The molecule has 10 nitrogen and oxygen atoms in total. The van der Waals surface area contributed by atoms with E-state index in [-0.39, 0.29) is 33.6 Å². The van der Waals surface area contributed by atoms with Crippen LogP contribution >= 0.6 is 23.1 Å². The lowest BCUT2D eigenvalue weighted by Crippen LogP contribution is -2.15. The van der Waals surface area contributed by atoms with Crippen molar-refractivity contribution in [1.82, 2.24) is 9.97 Å². The van der Waals surface area contributed by atoms with Crippen LogP contribution in [0.5, 0.6) is 11.5 Å². The number of H-pyrrole nitrogens is 1. The number of fused-ring (bicyclic) bond motifs is 1. The summed E-state index contributed by atoms with van der Waals surface area (Å²) in [5, 5.41) is 23.9. The van der Waals surface area contributed by atoms with Crippen molar-refractivity contribution >= 4 is 50.6 Å². The van der Waals surface area contributed by atoms with Crippen molar-refractivity contribution in [2.45, 2.75) is 12.1 Å². The summed E-state index contributed by atoms with van der Waals surface area (Å²) < 4.78 is 5.29. The van der Waals surface area contributed by atoms with Crippen LogP contribution in [-0.4, -0.2) is 38.8 Å². The number of phenolic OH excluding ortho intramolecular Hbond substituents is 1. The van der Waals surface area contributed by atoms with Gasteiger partial charge in [0.1, 0.15) is 16.3 Å². The normalized spacial score (nSPS) is 10.9. The van der Waals surface area contributed by atoms with Gasteiger partial charge in [0.15, 0.2) is 5.16 Å². The van der Waals surface area contributed by atoms with Gasteiger partial charge >= 0.3 is 0 Å². The summed E-state index contributed by atoms with van der Waals surface area (Å²) in [6.45, 7) is 1.91. The zero-order valence-electron chi connectivity index (χ0n) is 17.9. The molecule has 0 bridgehead atoms.